The minimum absolute atomic E-state index is 0.0354. The number of likely N-dealkylation sites (tertiary alicyclic amines) is 1. The maximum atomic E-state index is 12.7. The lowest BCUT2D eigenvalue weighted by Crippen LogP contribution is -2.58. The number of carbonyl (C=O) groups is 1. The third-order valence-electron chi connectivity index (χ3n) is 4.99. The van der Waals surface area contributed by atoms with Crippen LogP contribution in [0.25, 0.3) is 0 Å². The summed E-state index contributed by atoms with van der Waals surface area (Å²) in [6.45, 7) is 5.74. The van der Waals surface area contributed by atoms with Crippen molar-refractivity contribution in [1.29, 1.82) is 0 Å². The Morgan fingerprint density at radius 3 is 3.22 bits per heavy atom. The third kappa shape index (κ3) is 3.72. The van der Waals surface area contributed by atoms with Crippen LogP contribution in [0.15, 0.2) is 24.4 Å². The van der Waals surface area contributed by atoms with E-state index >= 15 is 0 Å². The Morgan fingerprint density at radius 1 is 1.52 bits per heavy atom. The van der Waals surface area contributed by atoms with Crippen molar-refractivity contribution in [3.8, 4) is 0 Å². The lowest BCUT2D eigenvalue weighted by atomic mass is 9.73. The average molecular weight is 318 g/mol. The van der Waals surface area contributed by atoms with Gasteiger partial charge in [-0.25, -0.2) is 0 Å². The van der Waals surface area contributed by atoms with E-state index in [1.807, 2.05) is 30.0 Å². The van der Waals surface area contributed by atoms with E-state index in [1.165, 1.54) is 0 Å². The minimum Gasteiger partial charge on any atom is -0.381 e. The van der Waals surface area contributed by atoms with Crippen LogP contribution in [0.4, 0.5) is 0 Å². The Kier molecular flexibility index (Phi) is 5.28. The molecule has 0 bridgehead atoms. The summed E-state index contributed by atoms with van der Waals surface area (Å²) in [5, 5.41) is 0. The zero-order chi connectivity index (χ0) is 16.1. The molecular weight excluding hydrogens is 292 g/mol. The number of nitrogens with zero attached hydrogens (tertiary/aromatic N) is 2. The van der Waals surface area contributed by atoms with Crippen molar-refractivity contribution in [1.82, 2.24) is 9.88 Å². The van der Waals surface area contributed by atoms with Crippen molar-refractivity contribution in [3.05, 3.63) is 30.1 Å². The van der Waals surface area contributed by atoms with Gasteiger partial charge in [-0.15, -0.1) is 0 Å². The highest BCUT2D eigenvalue weighted by atomic mass is 16.5. The molecule has 0 N–H and O–H groups in total. The summed E-state index contributed by atoms with van der Waals surface area (Å²) in [7, 11) is 0. The fourth-order valence-corrected chi connectivity index (χ4v) is 3.79. The van der Waals surface area contributed by atoms with Crippen LogP contribution in [0.5, 0.6) is 0 Å². The molecule has 3 heterocycles. The summed E-state index contributed by atoms with van der Waals surface area (Å²) in [5.41, 5.74) is 0.796. The quantitative estimate of drug-likeness (QED) is 0.834. The number of piperidine rings is 1. The van der Waals surface area contributed by atoms with Crippen LogP contribution in [0, 0.1) is 5.41 Å². The van der Waals surface area contributed by atoms with Gasteiger partial charge >= 0.3 is 0 Å². The zero-order valence-electron chi connectivity index (χ0n) is 13.9. The van der Waals surface area contributed by atoms with Gasteiger partial charge in [0.2, 0.25) is 5.91 Å². The highest BCUT2D eigenvalue weighted by molar-refractivity contribution is 5.78. The fourth-order valence-electron chi connectivity index (χ4n) is 3.79. The average Bonchev–Trinajstić information content (AvgIpc) is 2.60. The molecule has 0 aromatic carbocycles. The lowest BCUT2D eigenvalue weighted by molar-refractivity contribution is -0.163. The number of aromatic nitrogens is 1. The molecule has 5 nitrogen and oxygen atoms in total. The van der Waals surface area contributed by atoms with E-state index in [0.717, 1.165) is 44.7 Å². The number of hydrogen-bond acceptors (Lipinski definition) is 4. The second-order valence-corrected chi connectivity index (χ2v) is 6.56. The SMILES string of the molecule is CCOC[C@@]12CCCO[C@H]1CCN(C(=O)Cc1ccccn1)C2. The lowest BCUT2D eigenvalue weighted by Gasteiger charge is -2.50. The van der Waals surface area contributed by atoms with Gasteiger partial charge in [0.1, 0.15) is 0 Å². The molecule has 0 unspecified atom stereocenters. The molecule has 2 aliphatic heterocycles. The zero-order valence-corrected chi connectivity index (χ0v) is 13.9. The molecule has 1 amide bonds. The summed E-state index contributed by atoms with van der Waals surface area (Å²) in [5.74, 6) is 0.156. The van der Waals surface area contributed by atoms with Gasteiger partial charge in [-0.1, -0.05) is 6.07 Å². The monoisotopic (exact) mass is 318 g/mol. The normalized spacial score (nSPS) is 27.5. The molecule has 1 aromatic heterocycles. The van der Waals surface area contributed by atoms with E-state index < -0.39 is 0 Å². The van der Waals surface area contributed by atoms with Gasteiger partial charge in [0.05, 0.1) is 19.1 Å². The van der Waals surface area contributed by atoms with E-state index in [4.69, 9.17) is 9.47 Å². The van der Waals surface area contributed by atoms with Gasteiger partial charge in [-0.05, 0) is 38.3 Å². The van der Waals surface area contributed by atoms with E-state index in [9.17, 15) is 4.79 Å². The van der Waals surface area contributed by atoms with Crippen molar-refractivity contribution < 1.29 is 14.3 Å². The predicted molar refractivity (Wildman–Crippen MR) is 87.0 cm³/mol. The van der Waals surface area contributed by atoms with Crippen LogP contribution in [0.2, 0.25) is 0 Å². The highest BCUT2D eigenvalue weighted by Crippen LogP contribution is 2.40. The van der Waals surface area contributed by atoms with Gasteiger partial charge in [0.15, 0.2) is 0 Å². The molecule has 2 aliphatic rings. The molecule has 0 saturated carbocycles. The van der Waals surface area contributed by atoms with Crippen molar-refractivity contribution in [2.75, 3.05) is 32.9 Å². The van der Waals surface area contributed by atoms with E-state index in [-0.39, 0.29) is 17.4 Å². The van der Waals surface area contributed by atoms with Gasteiger partial charge in [-0.3, -0.25) is 9.78 Å². The Bertz CT molecular complexity index is 522. The van der Waals surface area contributed by atoms with Crippen LogP contribution in [0.3, 0.4) is 0 Å². The van der Waals surface area contributed by atoms with Crippen molar-refractivity contribution in [2.45, 2.75) is 38.7 Å². The summed E-state index contributed by atoms with van der Waals surface area (Å²) in [6, 6.07) is 5.70. The maximum absolute atomic E-state index is 12.7. The first kappa shape index (κ1) is 16.4. The second-order valence-electron chi connectivity index (χ2n) is 6.56. The summed E-state index contributed by atoms with van der Waals surface area (Å²) >= 11 is 0. The second kappa shape index (κ2) is 7.41. The topological polar surface area (TPSA) is 51.7 Å². The first-order chi connectivity index (χ1) is 11.2. The number of hydrogen-bond donors (Lipinski definition) is 0. The molecule has 126 valence electrons. The van der Waals surface area contributed by atoms with Crippen molar-refractivity contribution in [2.24, 2.45) is 5.41 Å². The number of fused-ring (bicyclic) bond motifs is 1. The third-order valence-corrected chi connectivity index (χ3v) is 4.99. The van der Waals surface area contributed by atoms with Gasteiger partial charge < -0.3 is 14.4 Å². The number of ether oxygens (including phenoxy) is 2. The fraction of sp³-hybridized carbons (Fsp3) is 0.667. The smallest absolute Gasteiger partial charge is 0.228 e. The van der Waals surface area contributed by atoms with E-state index in [1.54, 1.807) is 6.20 Å². The highest BCUT2D eigenvalue weighted by Gasteiger charge is 2.47. The molecule has 1 aromatic rings. The van der Waals surface area contributed by atoms with Crippen LogP contribution < -0.4 is 0 Å². The van der Waals surface area contributed by atoms with Crippen LogP contribution in [0.1, 0.15) is 31.9 Å². The van der Waals surface area contributed by atoms with Crippen LogP contribution in [-0.2, 0) is 20.7 Å². The molecule has 0 spiro atoms. The number of pyridine rings is 1. The molecule has 2 fully saturated rings. The first-order valence-corrected chi connectivity index (χ1v) is 8.60. The van der Waals surface area contributed by atoms with Gasteiger partial charge in [-0.2, -0.15) is 0 Å². The molecule has 5 heteroatoms. The van der Waals surface area contributed by atoms with Crippen molar-refractivity contribution >= 4 is 5.91 Å². The molecule has 0 radical (unpaired) electrons. The van der Waals surface area contributed by atoms with Crippen molar-refractivity contribution in [3.63, 3.8) is 0 Å². The Labute approximate surface area is 138 Å². The van der Waals surface area contributed by atoms with E-state index in [0.29, 0.717) is 19.6 Å². The summed E-state index contributed by atoms with van der Waals surface area (Å²) in [4.78, 5) is 18.9. The molecule has 0 aliphatic carbocycles. The number of carbonyl (C=O) groups excluding carboxylic acids is 1. The summed E-state index contributed by atoms with van der Waals surface area (Å²) < 4.78 is 11.7. The van der Waals surface area contributed by atoms with Gasteiger partial charge in [0.25, 0.3) is 0 Å². The van der Waals surface area contributed by atoms with Crippen LogP contribution >= 0.6 is 0 Å². The standard InChI is InChI=1S/C18H26N2O3/c1-2-22-14-18-8-5-11-23-16(18)7-10-20(13-18)17(21)12-15-6-3-4-9-19-15/h3-4,6,9,16H,2,5,7-8,10-14H2,1H3/t16-,18-/m0/s1. The summed E-state index contributed by atoms with van der Waals surface area (Å²) in [6.07, 6.45) is 5.36. The molecule has 2 atom stereocenters. The Hall–Kier alpha value is -1.46. The largest absolute Gasteiger partial charge is 0.381 e. The molecule has 23 heavy (non-hydrogen) atoms. The maximum Gasteiger partial charge on any atom is 0.228 e. The Morgan fingerprint density at radius 2 is 2.43 bits per heavy atom. The number of rotatable bonds is 5. The van der Waals surface area contributed by atoms with Crippen LogP contribution in [-0.4, -0.2) is 54.8 Å². The molecule has 3 rings (SSSR count). The Balaban J connectivity index is 1.68. The predicted octanol–water partition coefficient (Wildman–Crippen LogP) is 2.06. The first-order valence-electron chi connectivity index (χ1n) is 8.60. The number of amides is 1. The molecular formula is C18H26N2O3. The van der Waals surface area contributed by atoms with E-state index in [2.05, 4.69) is 4.98 Å². The minimum atomic E-state index is -0.0354. The molecule has 2 saturated heterocycles. The van der Waals surface area contributed by atoms with Gasteiger partial charge in [0, 0.05) is 43.6 Å².